The van der Waals surface area contributed by atoms with Crippen molar-refractivity contribution in [3.8, 4) is 0 Å². The second-order valence-electron chi connectivity index (χ2n) is 4.03. The van der Waals surface area contributed by atoms with E-state index in [1.165, 1.54) is 0 Å². The second kappa shape index (κ2) is 6.27. The number of nitrogens with one attached hydrogen (secondary N) is 1. The van der Waals surface area contributed by atoms with Crippen LogP contribution in [0.1, 0.15) is 12.5 Å². The third-order valence-electron chi connectivity index (χ3n) is 2.62. The lowest BCUT2D eigenvalue weighted by Crippen LogP contribution is -2.06. The zero-order valence-electron chi connectivity index (χ0n) is 10.9. The minimum atomic E-state index is -0.651. The third kappa shape index (κ3) is 3.51. The van der Waals surface area contributed by atoms with Gasteiger partial charge < -0.3 is 5.73 Å². The highest BCUT2D eigenvalue weighted by atomic mass is 79.9. The molecule has 0 radical (unpaired) electrons. The van der Waals surface area contributed by atoms with E-state index in [4.69, 9.17) is 5.73 Å². The number of hydrogen-bond donors (Lipinski definition) is 2. The summed E-state index contributed by atoms with van der Waals surface area (Å²) in [6.45, 7) is 1.77. The quantitative estimate of drug-likeness (QED) is 0.496. The van der Waals surface area contributed by atoms with Gasteiger partial charge in [-0.25, -0.2) is 9.97 Å². The molecule has 1 heterocycles. The van der Waals surface area contributed by atoms with Gasteiger partial charge in [-0.1, -0.05) is 28.1 Å². The normalized spacial score (nSPS) is 11.2. The van der Waals surface area contributed by atoms with Gasteiger partial charge in [-0.05, 0) is 24.6 Å². The van der Waals surface area contributed by atoms with E-state index >= 15 is 0 Å². The Hall–Kier alpha value is -2.55. The van der Waals surface area contributed by atoms with E-state index in [0.29, 0.717) is 5.71 Å². The van der Waals surface area contributed by atoms with Crippen molar-refractivity contribution in [3.63, 3.8) is 0 Å². The predicted octanol–water partition coefficient (Wildman–Crippen LogP) is 2.57. The molecule has 0 fully saturated rings. The molecule has 0 saturated heterocycles. The zero-order valence-corrected chi connectivity index (χ0v) is 12.5. The summed E-state index contributed by atoms with van der Waals surface area (Å²) < 4.78 is 0.950. The van der Waals surface area contributed by atoms with E-state index in [-0.39, 0.29) is 11.6 Å². The first kappa shape index (κ1) is 14.9. The molecule has 2 rings (SSSR count). The number of nitrogen functional groups attached to an aromatic ring is 1. The Morgan fingerprint density at radius 3 is 2.67 bits per heavy atom. The number of anilines is 2. The van der Waals surface area contributed by atoms with E-state index < -0.39 is 10.6 Å². The van der Waals surface area contributed by atoms with Crippen molar-refractivity contribution in [3.05, 3.63) is 50.7 Å². The molecule has 0 spiro atoms. The lowest BCUT2D eigenvalue weighted by atomic mass is 10.1. The van der Waals surface area contributed by atoms with Gasteiger partial charge in [0.2, 0.25) is 11.6 Å². The summed E-state index contributed by atoms with van der Waals surface area (Å²) in [5, 5.41) is 15.0. The van der Waals surface area contributed by atoms with Gasteiger partial charge >= 0.3 is 5.69 Å². The maximum atomic E-state index is 10.9. The zero-order chi connectivity index (χ0) is 15.4. The van der Waals surface area contributed by atoms with Crippen LogP contribution in [-0.2, 0) is 0 Å². The molecule has 0 aliphatic heterocycles. The standard InChI is InChI=1S/C12H11BrN6O2/c1-7(8-2-4-9(13)5-3-8)17-18-12-10(19(20)21)11(14)15-6-16-12/h2-6H,1H3,(H3,14,15,16,18). The van der Waals surface area contributed by atoms with E-state index in [1.807, 2.05) is 24.3 Å². The van der Waals surface area contributed by atoms with Crippen LogP contribution >= 0.6 is 15.9 Å². The van der Waals surface area contributed by atoms with Crippen molar-refractivity contribution in [2.24, 2.45) is 5.10 Å². The van der Waals surface area contributed by atoms with Crippen LogP contribution in [0.2, 0.25) is 0 Å². The Bertz CT molecular complexity index is 701. The highest BCUT2D eigenvalue weighted by molar-refractivity contribution is 9.10. The van der Waals surface area contributed by atoms with Crippen molar-refractivity contribution in [1.29, 1.82) is 0 Å². The SMILES string of the molecule is CC(=NNc1ncnc(N)c1[N+](=O)[O-])c1ccc(Br)cc1. The van der Waals surface area contributed by atoms with Crippen molar-refractivity contribution in [2.75, 3.05) is 11.2 Å². The van der Waals surface area contributed by atoms with Gasteiger partial charge in [0.1, 0.15) is 6.33 Å². The van der Waals surface area contributed by atoms with E-state index in [1.54, 1.807) is 6.92 Å². The number of nitro groups is 1. The molecule has 0 bridgehead atoms. The molecule has 9 heteroatoms. The second-order valence-corrected chi connectivity index (χ2v) is 4.94. The fraction of sp³-hybridized carbons (Fsp3) is 0.0833. The summed E-state index contributed by atoms with van der Waals surface area (Å²) in [7, 11) is 0. The summed E-state index contributed by atoms with van der Waals surface area (Å²) in [5.41, 5.74) is 9.14. The van der Waals surface area contributed by atoms with Crippen LogP contribution in [0, 0.1) is 10.1 Å². The molecule has 0 saturated carbocycles. The number of nitrogens with two attached hydrogens (primary N) is 1. The molecule has 2 aromatic rings. The van der Waals surface area contributed by atoms with Crippen LogP contribution in [0.4, 0.5) is 17.3 Å². The van der Waals surface area contributed by atoms with E-state index in [9.17, 15) is 10.1 Å². The van der Waals surface area contributed by atoms with Crippen LogP contribution in [-0.4, -0.2) is 20.6 Å². The first-order valence-electron chi connectivity index (χ1n) is 5.80. The molecule has 108 valence electrons. The van der Waals surface area contributed by atoms with Crippen LogP contribution in [0.5, 0.6) is 0 Å². The lowest BCUT2D eigenvalue weighted by molar-refractivity contribution is -0.383. The molecule has 0 aliphatic rings. The summed E-state index contributed by atoms with van der Waals surface area (Å²) >= 11 is 3.34. The van der Waals surface area contributed by atoms with Crippen molar-refractivity contribution < 1.29 is 4.92 Å². The Kier molecular flexibility index (Phi) is 4.43. The van der Waals surface area contributed by atoms with Crippen LogP contribution in [0.25, 0.3) is 0 Å². The summed E-state index contributed by atoms with van der Waals surface area (Å²) in [4.78, 5) is 17.7. The highest BCUT2D eigenvalue weighted by Gasteiger charge is 2.20. The van der Waals surface area contributed by atoms with Gasteiger partial charge in [0.25, 0.3) is 0 Å². The molecule has 1 aromatic carbocycles. The molecule has 8 nitrogen and oxygen atoms in total. The first-order valence-corrected chi connectivity index (χ1v) is 6.59. The minimum Gasteiger partial charge on any atom is -0.378 e. The molecular formula is C12H11BrN6O2. The third-order valence-corrected chi connectivity index (χ3v) is 3.15. The van der Waals surface area contributed by atoms with Crippen molar-refractivity contribution in [2.45, 2.75) is 6.92 Å². The van der Waals surface area contributed by atoms with E-state index in [2.05, 4.69) is 36.4 Å². The Morgan fingerprint density at radius 2 is 2.05 bits per heavy atom. The highest BCUT2D eigenvalue weighted by Crippen LogP contribution is 2.26. The largest absolute Gasteiger partial charge is 0.378 e. The molecule has 0 aliphatic carbocycles. The first-order chi connectivity index (χ1) is 9.99. The number of nitrogens with zero attached hydrogens (tertiary/aromatic N) is 4. The molecule has 0 atom stereocenters. The number of aromatic nitrogens is 2. The monoisotopic (exact) mass is 350 g/mol. The molecule has 0 unspecified atom stereocenters. The fourth-order valence-corrected chi connectivity index (χ4v) is 1.81. The minimum absolute atomic E-state index is 0.0519. The Morgan fingerprint density at radius 1 is 1.38 bits per heavy atom. The number of benzene rings is 1. The molecule has 21 heavy (non-hydrogen) atoms. The summed E-state index contributed by atoms with van der Waals surface area (Å²) in [6, 6.07) is 7.49. The number of rotatable bonds is 4. The molecule has 1 aromatic heterocycles. The van der Waals surface area contributed by atoms with Gasteiger partial charge in [0.15, 0.2) is 0 Å². The van der Waals surface area contributed by atoms with Crippen molar-refractivity contribution in [1.82, 2.24) is 9.97 Å². The topological polar surface area (TPSA) is 119 Å². The fourth-order valence-electron chi connectivity index (χ4n) is 1.55. The summed E-state index contributed by atoms with van der Waals surface area (Å²) in [6.07, 6.45) is 1.13. The average Bonchev–Trinajstić information content (AvgIpc) is 2.45. The van der Waals surface area contributed by atoms with Crippen LogP contribution in [0.3, 0.4) is 0 Å². The van der Waals surface area contributed by atoms with Gasteiger partial charge in [0.05, 0.1) is 10.6 Å². The van der Waals surface area contributed by atoms with Gasteiger partial charge in [-0.15, -0.1) is 0 Å². The van der Waals surface area contributed by atoms with E-state index in [0.717, 1.165) is 16.4 Å². The number of halogens is 1. The maximum absolute atomic E-state index is 10.9. The van der Waals surface area contributed by atoms with Gasteiger partial charge in [-0.3, -0.25) is 15.5 Å². The van der Waals surface area contributed by atoms with Crippen molar-refractivity contribution >= 4 is 39.0 Å². The predicted molar refractivity (Wildman–Crippen MR) is 83.1 cm³/mol. The maximum Gasteiger partial charge on any atom is 0.354 e. The number of hydrazone groups is 1. The van der Waals surface area contributed by atoms with Crippen LogP contribution in [0.15, 0.2) is 40.2 Å². The molecule has 3 N–H and O–H groups in total. The average molecular weight is 351 g/mol. The Labute approximate surface area is 128 Å². The molecule has 0 amide bonds. The lowest BCUT2D eigenvalue weighted by Gasteiger charge is -2.04. The smallest absolute Gasteiger partial charge is 0.354 e. The van der Waals surface area contributed by atoms with Gasteiger partial charge in [0, 0.05) is 4.47 Å². The van der Waals surface area contributed by atoms with Crippen LogP contribution < -0.4 is 11.2 Å². The Balaban J connectivity index is 2.27. The molecular weight excluding hydrogens is 340 g/mol. The summed E-state index contributed by atoms with van der Waals surface area (Å²) in [5.74, 6) is -0.266. The van der Waals surface area contributed by atoms with Gasteiger partial charge in [-0.2, -0.15) is 5.10 Å². The number of hydrogen-bond acceptors (Lipinski definition) is 7.